The maximum atomic E-state index is 12.5. The highest BCUT2D eigenvalue weighted by molar-refractivity contribution is 6.01. The molecule has 7 nitrogen and oxygen atoms in total. The summed E-state index contributed by atoms with van der Waals surface area (Å²) in [4.78, 5) is 25.8. The molecule has 1 atom stereocenters. The Morgan fingerprint density at radius 1 is 1.25 bits per heavy atom. The Balaban J connectivity index is 1.52. The summed E-state index contributed by atoms with van der Waals surface area (Å²) in [5.41, 5.74) is 0.462. The Labute approximate surface area is 140 Å². The highest BCUT2D eigenvalue weighted by atomic mass is 16.7. The number of nitrogens with zero attached hydrogens (tertiary/aromatic N) is 1. The quantitative estimate of drug-likeness (QED) is 0.562. The number of carbonyl (C=O) groups is 2. The molecule has 1 heterocycles. The summed E-state index contributed by atoms with van der Waals surface area (Å²) in [7, 11) is 1.54. The lowest BCUT2D eigenvalue weighted by molar-refractivity contribution is 0.0458. The smallest absolute Gasteiger partial charge is 0.410 e. The Hall–Kier alpha value is -2.28. The Bertz CT molecular complexity index is 628. The van der Waals surface area contributed by atoms with E-state index in [-0.39, 0.29) is 19.2 Å². The zero-order valence-electron chi connectivity index (χ0n) is 13.8. The number of Topliss-reactive ketones (excluding diaryl/α,β-unsaturated/α-hetero) is 1. The molecule has 24 heavy (non-hydrogen) atoms. The van der Waals surface area contributed by atoms with Gasteiger partial charge in [0.05, 0.1) is 18.8 Å². The second-order valence-electron chi connectivity index (χ2n) is 5.90. The van der Waals surface area contributed by atoms with Crippen LogP contribution in [0.25, 0.3) is 0 Å². The van der Waals surface area contributed by atoms with Gasteiger partial charge in [0, 0.05) is 12.6 Å². The summed E-state index contributed by atoms with van der Waals surface area (Å²) < 4.78 is 21.0. The molecule has 0 radical (unpaired) electrons. The minimum atomic E-state index is -0.651. The van der Waals surface area contributed by atoms with Crippen LogP contribution in [0.5, 0.6) is 11.5 Å². The third kappa shape index (κ3) is 3.79. The van der Waals surface area contributed by atoms with Gasteiger partial charge < -0.3 is 23.8 Å². The van der Waals surface area contributed by atoms with E-state index in [0.29, 0.717) is 29.8 Å². The monoisotopic (exact) mass is 335 g/mol. The molecule has 1 aliphatic carbocycles. The number of hydrogen-bond donors (Lipinski definition) is 0. The Morgan fingerprint density at radius 3 is 2.75 bits per heavy atom. The number of hydrogen-bond acceptors (Lipinski definition) is 6. The van der Waals surface area contributed by atoms with E-state index >= 15 is 0 Å². The predicted octanol–water partition coefficient (Wildman–Crippen LogP) is 2.23. The lowest BCUT2D eigenvalue weighted by Crippen LogP contribution is -2.41. The number of rotatable bonds is 7. The molecule has 1 aromatic rings. The standard InChI is InChI=1S/C17H21NO6/c1-11(18(2)17(20)22-8-7-21-13-4-5-13)16(19)12-3-6-14-15(9-12)24-10-23-14/h3,6,9,11,13H,4-5,7-8,10H2,1-2H3/t11-/m1/s1. The van der Waals surface area contributed by atoms with Crippen LogP contribution in [-0.4, -0.2) is 56.0 Å². The summed E-state index contributed by atoms with van der Waals surface area (Å²) in [5, 5.41) is 0. The van der Waals surface area contributed by atoms with Crippen molar-refractivity contribution in [2.45, 2.75) is 31.9 Å². The fourth-order valence-corrected chi connectivity index (χ4v) is 2.31. The van der Waals surface area contributed by atoms with Crippen molar-refractivity contribution in [2.75, 3.05) is 27.1 Å². The molecule has 1 saturated carbocycles. The van der Waals surface area contributed by atoms with Gasteiger partial charge in [0.2, 0.25) is 6.79 Å². The summed E-state index contributed by atoms with van der Waals surface area (Å²) >= 11 is 0. The summed E-state index contributed by atoms with van der Waals surface area (Å²) in [6.45, 7) is 2.38. The fraction of sp³-hybridized carbons (Fsp3) is 0.529. The minimum Gasteiger partial charge on any atom is -0.454 e. The lowest BCUT2D eigenvalue weighted by atomic mass is 10.0. The van der Waals surface area contributed by atoms with Crippen LogP contribution in [0.2, 0.25) is 0 Å². The van der Waals surface area contributed by atoms with Gasteiger partial charge in [-0.2, -0.15) is 0 Å². The molecule has 0 bridgehead atoms. The number of ether oxygens (including phenoxy) is 4. The number of ketones is 1. The molecule has 0 unspecified atom stereocenters. The molecular weight excluding hydrogens is 314 g/mol. The molecule has 1 fully saturated rings. The van der Waals surface area contributed by atoms with E-state index in [0.717, 1.165) is 12.8 Å². The van der Waals surface area contributed by atoms with Crippen LogP contribution in [0, 0.1) is 0 Å². The highest BCUT2D eigenvalue weighted by Gasteiger charge is 2.26. The van der Waals surface area contributed by atoms with Crippen LogP contribution in [0.15, 0.2) is 18.2 Å². The maximum absolute atomic E-state index is 12.5. The van der Waals surface area contributed by atoms with Crippen LogP contribution >= 0.6 is 0 Å². The second kappa shape index (κ2) is 7.09. The van der Waals surface area contributed by atoms with E-state index < -0.39 is 12.1 Å². The van der Waals surface area contributed by atoms with Gasteiger partial charge in [-0.05, 0) is 38.0 Å². The van der Waals surface area contributed by atoms with Gasteiger partial charge in [-0.15, -0.1) is 0 Å². The molecule has 0 saturated heterocycles. The van der Waals surface area contributed by atoms with E-state index in [4.69, 9.17) is 18.9 Å². The molecule has 1 aliphatic heterocycles. The normalized spacial score (nSPS) is 16.6. The number of carbonyl (C=O) groups excluding carboxylic acids is 2. The van der Waals surface area contributed by atoms with Gasteiger partial charge in [0.25, 0.3) is 0 Å². The van der Waals surface area contributed by atoms with Gasteiger partial charge in [-0.25, -0.2) is 4.79 Å². The summed E-state index contributed by atoms with van der Waals surface area (Å²) in [6, 6.07) is 4.33. The first-order valence-corrected chi connectivity index (χ1v) is 8.01. The van der Waals surface area contributed by atoms with Crippen LogP contribution in [0.4, 0.5) is 4.79 Å². The average Bonchev–Trinajstić information content (AvgIpc) is 3.30. The van der Waals surface area contributed by atoms with Crippen molar-refractivity contribution >= 4 is 11.9 Å². The van der Waals surface area contributed by atoms with Crippen molar-refractivity contribution in [3.63, 3.8) is 0 Å². The number of amides is 1. The third-order valence-corrected chi connectivity index (χ3v) is 4.09. The zero-order chi connectivity index (χ0) is 17.1. The SMILES string of the molecule is C[C@H](C(=O)c1ccc2c(c1)OCO2)N(C)C(=O)OCCOC1CC1. The van der Waals surface area contributed by atoms with Crippen molar-refractivity contribution in [1.29, 1.82) is 0 Å². The lowest BCUT2D eigenvalue weighted by Gasteiger charge is -2.23. The van der Waals surface area contributed by atoms with Gasteiger partial charge in [-0.1, -0.05) is 0 Å². The van der Waals surface area contributed by atoms with Gasteiger partial charge in [-0.3, -0.25) is 4.79 Å². The van der Waals surface area contributed by atoms with Gasteiger partial charge in [0.1, 0.15) is 6.61 Å². The first kappa shape index (κ1) is 16.6. The number of likely N-dealkylation sites (N-methyl/N-ethyl adjacent to an activating group) is 1. The van der Waals surface area contributed by atoms with Crippen LogP contribution in [0.1, 0.15) is 30.1 Å². The predicted molar refractivity (Wildman–Crippen MR) is 84.4 cm³/mol. The zero-order valence-corrected chi connectivity index (χ0v) is 13.8. The van der Waals surface area contributed by atoms with Crippen molar-refractivity contribution in [3.8, 4) is 11.5 Å². The third-order valence-electron chi connectivity index (χ3n) is 4.09. The summed E-state index contributed by atoms with van der Waals surface area (Å²) in [5.74, 6) is 0.958. The molecule has 1 aromatic carbocycles. The van der Waals surface area contributed by atoms with E-state index in [1.54, 1.807) is 32.2 Å². The second-order valence-corrected chi connectivity index (χ2v) is 5.90. The van der Waals surface area contributed by atoms with Gasteiger partial charge in [0.15, 0.2) is 17.3 Å². The molecule has 0 aromatic heterocycles. The highest BCUT2D eigenvalue weighted by Crippen LogP contribution is 2.33. The van der Waals surface area contributed by atoms with Crippen molar-refractivity contribution in [2.24, 2.45) is 0 Å². The Kier molecular flexibility index (Phi) is 4.89. The maximum Gasteiger partial charge on any atom is 0.410 e. The molecule has 2 aliphatic rings. The summed E-state index contributed by atoms with van der Waals surface area (Å²) in [6.07, 6.45) is 1.94. The van der Waals surface area contributed by atoms with E-state index in [2.05, 4.69) is 0 Å². The van der Waals surface area contributed by atoms with Crippen LogP contribution in [0.3, 0.4) is 0 Å². The van der Waals surface area contributed by atoms with E-state index in [9.17, 15) is 9.59 Å². The topological polar surface area (TPSA) is 74.3 Å². The van der Waals surface area contributed by atoms with Crippen molar-refractivity contribution in [3.05, 3.63) is 23.8 Å². The fourth-order valence-electron chi connectivity index (χ4n) is 2.31. The van der Waals surface area contributed by atoms with Crippen LogP contribution < -0.4 is 9.47 Å². The molecule has 0 spiro atoms. The molecular formula is C17H21NO6. The number of fused-ring (bicyclic) bond motifs is 1. The van der Waals surface area contributed by atoms with Crippen molar-refractivity contribution in [1.82, 2.24) is 4.90 Å². The van der Waals surface area contributed by atoms with Gasteiger partial charge >= 0.3 is 6.09 Å². The van der Waals surface area contributed by atoms with Crippen LogP contribution in [-0.2, 0) is 9.47 Å². The minimum absolute atomic E-state index is 0.150. The molecule has 130 valence electrons. The molecule has 0 N–H and O–H groups in total. The first-order chi connectivity index (χ1) is 11.6. The number of benzene rings is 1. The first-order valence-electron chi connectivity index (χ1n) is 8.01. The molecule has 7 heteroatoms. The van der Waals surface area contributed by atoms with E-state index in [1.807, 2.05) is 0 Å². The van der Waals surface area contributed by atoms with Crippen molar-refractivity contribution < 1.29 is 28.5 Å². The Morgan fingerprint density at radius 2 is 2.00 bits per heavy atom. The average molecular weight is 335 g/mol. The molecule has 3 rings (SSSR count). The molecule has 1 amide bonds. The van der Waals surface area contributed by atoms with E-state index in [1.165, 1.54) is 4.90 Å². The largest absolute Gasteiger partial charge is 0.454 e.